The first-order valence-corrected chi connectivity index (χ1v) is 7.52. The van der Waals surface area contributed by atoms with E-state index in [2.05, 4.69) is 4.74 Å². The van der Waals surface area contributed by atoms with Gasteiger partial charge in [0.15, 0.2) is 0 Å². The number of hydrogen-bond donors (Lipinski definition) is 2. The smallest absolute Gasteiger partial charge is 0.334 e. The minimum Gasteiger partial charge on any atom is -0.480 e. The molecule has 0 aliphatic heterocycles. The summed E-state index contributed by atoms with van der Waals surface area (Å²) in [5, 5.41) is 8.47. The van der Waals surface area contributed by atoms with Crippen LogP contribution in [0.3, 0.4) is 0 Å². The van der Waals surface area contributed by atoms with E-state index in [0.29, 0.717) is 5.56 Å². The standard InChI is InChI=1S/C13H15NO6S/c1-20-13(17)11(7-10-5-3-2-4-6-10)9-21(18,19)14-8-12(15)16/h2-7,14H,8-9H2,1H3,(H,15,16). The molecule has 1 aromatic carbocycles. The number of aliphatic carboxylic acids is 1. The van der Waals surface area contributed by atoms with Gasteiger partial charge < -0.3 is 9.84 Å². The number of benzene rings is 1. The lowest BCUT2D eigenvalue weighted by Gasteiger charge is -2.07. The first-order valence-electron chi connectivity index (χ1n) is 5.87. The Balaban J connectivity index is 2.97. The molecule has 21 heavy (non-hydrogen) atoms. The number of methoxy groups -OCH3 is 1. The van der Waals surface area contributed by atoms with Gasteiger partial charge in [0.25, 0.3) is 0 Å². The van der Waals surface area contributed by atoms with Crippen molar-refractivity contribution in [2.75, 3.05) is 19.4 Å². The molecule has 0 bridgehead atoms. The predicted octanol–water partition coefficient (Wildman–Crippen LogP) is 0.247. The van der Waals surface area contributed by atoms with Crippen molar-refractivity contribution in [2.24, 2.45) is 0 Å². The van der Waals surface area contributed by atoms with Crippen molar-refractivity contribution in [1.82, 2.24) is 4.72 Å². The maximum atomic E-state index is 11.7. The van der Waals surface area contributed by atoms with Gasteiger partial charge in [-0.3, -0.25) is 4.79 Å². The highest BCUT2D eigenvalue weighted by molar-refractivity contribution is 7.89. The van der Waals surface area contributed by atoms with E-state index in [1.165, 1.54) is 6.08 Å². The number of carbonyl (C=O) groups is 2. The monoisotopic (exact) mass is 313 g/mol. The van der Waals surface area contributed by atoms with E-state index in [1.54, 1.807) is 30.3 Å². The van der Waals surface area contributed by atoms with E-state index < -0.39 is 34.3 Å². The molecule has 0 spiro atoms. The molecule has 0 unspecified atom stereocenters. The summed E-state index contributed by atoms with van der Waals surface area (Å²) in [5.41, 5.74) is 0.535. The summed E-state index contributed by atoms with van der Waals surface area (Å²) in [6, 6.07) is 8.64. The van der Waals surface area contributed by atoms with Crippen LogP contribution in [0.15, 0.2) is 35.9 Å². The molecule has 1 rings (SSSR count). The van der Waals surface area contributed by atoms with E-state index >= 15 is 0 Å². The van der Waals surface area contributed by atoms with Gasteiger partial charge in [0.1, 0.15) is 6.54 Å². The van der Waals surface area contributed by atoms with Crippen LogP contribution in [0, 0.1) is 0 Å². The molecule has 0 aliphatic rings. The zero-order chi connectivity index (χ0) is 15.9. The van der Waals surface area contributed by atoms with Gasteiger partial charge in [-0.25, -0.2) is 17.9 Å². The second-order valence-corrected chi connectivity index (χ2v) is 5.85. The first kappa shape index (κ1) is 16.9. The molecule has 8 heteroatoms. The third kappa shape index (κ3) is 6.19. The Kier molecular flexibility index (Phi) is 6.07. The zero-order valence-electron chi connectivity index (χ0n) is 11.3. The lowest BCUT2D eigenvalue weighted by Crippen LogP contribution is -2.33. The Morgan fingerprint density at radius 3 is 2.43 bits per heavy atom. The Morgan fingerprint density at radius 2 is 1.90 bits per heavy atom. The van der Waals surface area contributed by atoms with Crippen LogP contribution in [0.4, 0.5) is 0 Å². The number of hydrogen-bond acceptors (Lipinski definition) is 5. The summed E-state index contributed by atoms with van der Waals surface area (Å²) in [7, 11) is -2.81. The Morgan fingerprint density at radius 1 is 1.29 bits per heavy atom. The van der Waals surface area contributed by atoms with Crippen LogP contribution in [0.1, 0.15) is 5.56 Å². The van der Waals surface area contributed by atoms with Crippen molar-refractivity contribution in [3.05, 3.63) is 41.5 Å². The minimum absolute atomic E-state index is 0.0958. The van der Waals surface area contributed by atoms with Gasteiger partial charge >= 0.3 is 11.9 Å². The van der Waals surface area contributed by atoms with Crippen LogP contribution in [0.5, 0.6) is 0 Å². The summed E-state index contributed by atoms with van der Waals surface area (Å²) >= 11 is 0. The summed E-state index contributed by atoms with van der Waals surface area (Å²) in [5.74, 6) is -2.77. The molecule has 0 saturated carbocycles. The second-order valence-electron chi connectivity index (χ2n) is 4.05. The summed E-state index contributed by atoms with van der Waals surface area (Å²) in [6.07, 6.45) is 1.38. The summed E-state index contributed by atoms with van der Waals surface area (Å²) < 4.78 is 29.9. The van der Waals surface area contributed by atoms with E-state index in [9.17, 15) is 18.0 Å². The third-order valence-electron chi connectivity index (χ3n) is 2.38. The van der Waals surface area contributed by atoms with Crippen LogP contribution >= 0.6 is 0 Å². The van der Waals surface area contributed by atoms with Crippen molar-refractivity contribution in [3.63, 3.8) is 0 Å². The molecule has 0 saturated heterocycles. The van der Waals surface area contributed by atoms with Gasteiger partial charge in [-0.15, -0.1) is 0 Å². The topological polar surface area (TPSA) is 110 Å². The normalized spacial score (nSPS) is 12.0. The van der Waals surface area contributed by atoms with Gasteiger partial charge in [-0.2, -0.15) is 0 Å². The van der Waals surface area contributed by atoms with Crippen molar-refractivity contribution < 1.29 is 27.9 Å². The molecular weight excluding hydrogens is 298 g/mol. The molecule has 1 aromatic rings. The molecule has 0 heterocycles. The fraction of sp³-hybridized carbons (Fsp3) is 0.231. The largest absolute Gasteiger partial charge is 0.480 e. The summed E-state index contributed by atoms with van der Waals surface area (Å²) in [6.45, 7) is -0.748. The van der Waals surface area contributed by atoms with Crippen molar-refractivity contribution in [1.29, 1.82) is 0 Å². The predicted molar refractivity (Wildman–Crippen MR) is 75.9 cm³/mol. The summed E-state index contributed by atoms with van der Waals surface area (Å²) in [4.78, 5) is 22.0. The zero-order valence-corrected chi connectivity index (χ0v) is 12.1. The van der Waals surface area contributed by atoms with E-state index in [-0.39, 0.29) is 5.57 Å². The van der Waals surface area contributed by atoms with Crippen molar-refractivity contribution >= 4 is 28.0 Å². The lowest BCUT2D eigenvalue weighted by molar-refractivity contribution is -0.136. The molecule has 114 valence electrons. The van der Waals surface area contributed by atoms with Gasteiger partial charge in [0.2, 0.25) is 10.0 Å². The molecule has 0 atom stereocenters. The minimum atomic E-state index is -3.95. The quantitative estimate of drug-likeness (QED) is 0.551. The molecule has 7 nitrogen and oxygen atoms in total. The van der Waals surface area contributed by atoms with Gasteiger partial charge in [0, 0.05) is 0 Å². The van der Waals surface area contributed by atoms with Crippen LogP contribution in [-0.2, 0) is 24.3 Å². The first-order chi connectivity index (χ1) is 9.84. The molecule has 0 amide bonds. The maximum absolute atomic E-state index is 11.7. The second kappa shape index (κ2) is 7.55. The SMILES string of the molecule is COC(=O)C(=Cc1ccccc1)CS(=O)(=O)NCC(=O)O. The number of nitrogens with one attached hydrogen (secondary N) is 1. The number of ether oxygens (including phenoxy) is 1. The van der Waals surface area contributed by atoms with Crippen molar-refractivity contribution in [2.45, 2.75) is 0 Å². The average molecular weight is 313 g/mol. The number of rotatable bonds is 7. The molecule has 0 aromatic heterocycles. The van der Waals surface area contributed by atoms with Crippen LogP contribution in [0.2, 0.25) is 0 Å². The molecule has 0 fully saturated rings. The van der Waals surface area contributed by atoms with Crippen molar-refractivity contribution in [3.8, 4) is 0 Å². The number of carbonyl (C=O) groups excluding carboxylic acids is 1. The number of carboxylic acids is 1. The fourth-order valence-corrected chi connectivity index (χ4v) is 2.52. The van der Waals surface area contributed by atoms with Gasteiger partial charge in [-0.1, -0.05) is 30.3 Å². The highest BCUT2D eigenvalue weighted by atomic mass is 32.2. The highest BCUT2D eigenvalue weighted by Crippen LogP contribution is 2.10. The third-order valence-corrected chi connectivity index (χ3v) is 3.65. The van der Waals surface area contributed by atoms with E-state index in [0.717, 1.165) is 7.11 Å². The van der Waals surface area contributed by atoms with Crippen LogP contribution < -0.4 is 4.72 Å². The van der Waals surface area contributed by atoms with E-state index in [4.69, 9.17) is 5.11 Å². The Hall–Kier alpha value is -2.19. The van der Waals surface area contributed by atoms with Gasteiger partial charge in [-0.05, 0) is 11.6 Å². The Bertz CT molecular complexity index is 636. The average Bonchev–Trinajstić information content (AvgIpc) is 2.44. The van der Waals surface area contributed by atoms with E-state index in [1.807, 2.05) is 4.72 Å². The number of carboxylic acid groups (broad SMARTS) is 1. The van der Waals surface area contributed by atoms with Crippen LogP contribution in [-0.4, -0.2) is 44.9 Å². The molecule has 0 aliphatic carbocycles. The lowest BCUT2D eigenvalue weighted by atomic mass is 10.1. The maximum Gasteiger partial charge on any atom is 0.334 e. The Labute approximate surface area is 122 Å². The fourth-order valence-electron chi connectivity index (χ4n) is 1.47. The highest BCUT2D eigenvalue weighted by Gasteiger charge is 2.20. The number of sulfonamides is 1. The number of esters is 1. The van der Waals surface area contributed by atoms with Crippen LogP contribution in [0.25, 0.3) is 6.08 Å². The molecule has 0 radical (unpaired) electrons. The molecule has 2 N–H and O–H groups in total. The molecular formula is C13H15NO6S. The van der Waals surface area contributed by atoms with Gasteiger partial charge in [0.05, 0.1) is 18.4 Å².